The normalized spacial score (nSPS) is 11.5. The fourth-order valence-electron chi connectivity index (χ4n) is 0.983. The minimum atomic E-state index is -4.43. The van der Waals surface area contributed by atoms with E-state index in [-0.39, 0.29) is 22.3 Å². The lowest BCUT2D eigenvalue weighted by molar-refractivity contribution is -0.385. The van der Waals surface area contributed by atoms with Crippen molar-refractivity contribution in [1.82, 2.24) is 0 Å². The van der Waals surface area contributed by atoms with Crippen molar-refractivity contribution in [3.63, 3.8) is 0 Å². The van der Waals surface area contributed by atoms with E-state index in [0.29, 0.717) is 5.56 Å². The number of hydrogen-bond acceptors (Lipinski definition) is 3. The molecule has 0 heterocycles. The highest BCUT2D eigenvalue weighted by Gasteiger charge is 2.30. The van der Waals surface area contributed by atoms with Gasteiger partial charge in [0, 0.05) is 16.5 Å². The lowest BCUT2D eigenvalue weighted by atomic mass is 10.2. The summed E-state index contributed by atoms with van der Waals surface area (Å²) in [7, 11) is 0. The van der Waals surface area contributed by atoms with Crippen molar-refractivity contribution >= 4 is 17.4 Å². The average molecular weight is 237 g/mol. The molecule has 0 aliphatic rings. The Labute approximate surface area is 87.4 Å². The molecule has 15 heavy (non-hydrogen) atoms. The fourth-order valence-corrected chi connectivity index (χ4v) is 1.56. The molecule has 0 unspecified atom stereocenters. The van der Waals surface area contributed by atoms with Crippen LogP contribution in [-0.2, 0) is 0 Å². The first kappa shape index (κ1) is 11.8. The van der Waals surface area contributed by atoms with Crippen molar-refractivity contribution < 1.29 is 18.1 Å². The Bertz CT molecular complexity index is 392. The Kier molecular flexibility index (Phi) is 3.23. The van der Waals surface area contributed by atoms with Gasteiger partial charge in [0.15, 0.2) is 0 Å². The second-order valence-electron chi connectivity index (χ2n) is 2.75. The van der Waals surface area contributed by atoms with Crippen LogP contribution in [0.5, 0.6) is 0 Å². The van der Waals surface area contributed by atoms with E-state index in [0.717, 1.165) is 6.07 Å². The summed E-state index contributed by atoms with van der Waals surface area (Å²) in [5.41, 5.74) is -4.39. The van der Waals surface area contributed by atoms with Crippen LogP contribution in [0.1, 0.15) is 5.56 Å². The number of halogens is 3. The van der Waals surface area contributed by atoms with Crippen molar-refractivity contribution in [2.45, 2.75) is 17.3 Å². The zero-order valence-corrected chi connectivity index (χ0v) is 8.35. The number of nitrogens with zero attached hydrogens (tertiary/aromatic N) is 1. The molecule has 1 aromatic carbocycles. The van der Waals surface area contributed by atoms with Crippen molar-refractivity contribution in [3.05, 3.63) is 33.9 Å². The summed E-state index contributed by atoms with van der Waals surface area (Å²) in [5.74, 6) is 0. The van der Waals surface area contributed by atoms with Gasteiger partial charge in [-0.25, -0.2) is 0 Å². The van der Waals surface area contributed by atoms with Gasteiger partial charge in [-0.3, -0.25) is 10.1 Å². The van der Waals surface area contributed by atoms with Crippen molar-refractivity contribution in [3.8, 4) is 0 Å². The predicted octanol–water partition coefficient (Wildman–Crippen LogP) is 3.52. The number of rotatable bonds is 2. The van der Waals surface area contributed by atoms with E-state index in [1.54, 1.807) is 0 Å². The minimum absolute atomic E-state index is 0.181. The van der Waals surface area contributed by atoms with Crippen LogP contribution in [0, 0.1) is 17.0 Å². The lowest BCUT2D eigenvalue weighted by Crippen LogP contribution is -2.00. The Morgan fingerprint density at radius 2 is 2.00 bits per heavy atom. The highest BCUT2D eigenvalue weighted by atomic mass is 32.2. The third-order valence-electron chi connectivity index (χ3n) is 1.61. The molecule has 1 aromatic rings. The van der Waals surface area contributed by atoms with Crippen LogP contribution in [-0.4, -0.2) is 10.4 Å². The van der Waals surface area contributed by atoms with Crippen LogP contribution < -0.4 is 0 Å². The third-order valence-corrected chi connectivity index (χ3v) is 2.33. The Morgan fingerprint density at radius 1 is 1.40 bits per heavy atom. The molecular formula is C8H6F3NO2S. The molecule has 0 atom stereocenters. The van der Waals surface area contributed by atoms with Crippen molar-refractivity contribution in [2.75, 3.05) is 0 Å². The maximum atomic E-state index is 12.0. The molecule has 0 saturated carbocycles. The number of benzene rings is 1. The second-order valence-corrected chi connectivity index (χ2v) is 3.89. The minimum Gasteiger partial charge on any atom is -0.258 e. The molecule has 0 spiro atoms. The Hall–Kier alpha value is -1.24. The first-order chi connectivity index (χ1) is 6.79. The molecule has 0 aliphatic carbocycles. The maximum Gasteiger partial charge on any atom is 0.446 e. The monoisotopic (exact) mass is 237 g/mol. The van der Waals surface area contributed by atoms with E-state index in [2.05, 4.69) is 0 Å². The first-order valence-electron chi connectivity index (χ1n) is 3.80. The smallest absolute Gasteiger partial charge is 0.258 e. The highest BCUT2D eigenvalue weighted by molar-refractivity contribution is 8.00. The molecule has 0 saturated heterocycles. The molecule has 7 heteroatoms. The number of nitro groups is 1. The summed E-state index contributed by atoms with van der Waals surface area (Å²) >= 11 is -0.363. The van der Waals surface area contributed by atoms with Crippen LogP contribution >= 0.6 is 11.8 Å². The van der Waals surface area contributed by atoms with Gasteiger partial charge in [-0.2, -0.15) is 13.2 Å². The second kappa shape index (κ2) is 4.09. The quantitative estimate of drug-likeness (QED) is 0.449. The zero-order valence-electron chi connectivity index (χ0n) is 7.54. The van der Waals surface area contributed by atoms with Gasteiger partial charge in [0.25, 0.3) is 5.69 Å². The highest BCUT2D eigenvalue weighted by Crippen LogP contribution is 2.38. The summed E-state index contributed by atoms with van der Waals surface area (Å²) in [4.78, 5) is 9.58. The van der Waals surface area contributed by atoms with E-state index in [4.69, 9.17) is 0 Å². The van der Waals surface area contributed by atoms with Gasteiger partial charge in [-0.05, 0) is 24.8 Å². The maximum absolute atomic E-state index is 12.0. The van der Waals surface area contributed by atoms with E-state index in [9.17, 15) is 23.3 Å². The zero-order chi connectivity index (χ0) is 11.6. The van der Waals surface area contributed by atoms with Crippen LogP contribution in [0.3, 0.4) is 0 Å². The van der Waals surface area contributed by atoms with Crippen molar-refractivity contribution in [2.24, 2.45) is 0 Å². The number of hydrogen-bond donors (Lipinski definition) is 0. The molecule has 0 aromatic heterocycles. The van der Waals surface area contributed by atoms with Gasteiger partial charge in [0.05, 0.1) is 4.92 Å². The summed E-state index contributed by atoms with van der Waals surface area (Å²) in [6.45, 7) is 1.47. The molecule has 0 amide bonds. The van der Waals surface area contributed by atoms with E-state index in [1.807, 2.05) is 0 Å². The van der Waals surface area contributed by atoms with E-state index >= 15 is 0 Å². The van der Waals surface area contributed by atoms with Crippen LogP contribution in [0.2, 0.25) is 0 Å². The van der Waals surface area contributed by atoms with Gasteiger partial charge < -0.3 is 0 Å². The first-order valence-corrected chi connectivity index (χ1v) is 4.62. The molecule has 0 fully saturated rings. The molecule has 82 valence electrons. The molecule has 0 aliphatic heterocycles. The number of alkyl halides is 3. The Balaban J connectivity index is 3.03. The summed E-state index contributed by atoms with van der Waals surface area (Å²) in [6, 6.07) is 3.43. The van der Waals surface area contributed by atoms with Crippen LogP contribution in [0.4, 0.5) is 18.9 Å². The number of thioether (sulfide) groups is 1. The predicted molar refractivity (Wildman–Crippen MR) is 49.7 cm³/mol. The Morgan fingerprint density at radius 3 is 2.47 bits per heavy atom. The summed E-state index contributed by atoms with van der Waals surface area (Å²) < 4.78 is 35.9. The lowest BCUT2D eigenvalue weighted by Gasteiger charge is -2.05. The summed E-state index contributed by atoms with van der Waals surface area (Å²) in [5, 5.41) is 10.5. The van der Waals surface area contributed by atoms with Gasteiger partial charge in [-0.15, -0.1) is 0 Å². The topological polar surface area (TPSA) is 43.1 Å². The van der Waals surface area contributed by atoms with Crippen LogP contribution in [0.15, 0.2) is 23.1 Å². The standard InChI is InChI=1S/C8H6F3NO2S/c1-5-2-3-6(15-8(9,10)11)4-7(5)12(13)14/h2-4H,1H3. The van der Waals surface area contributed by atoms with Gasteiger partial charge in [-0.1, -0.05) is 6.07 Å². The summed E-state index contributed by atoms with van der Waals surface area (Å²) in [6.07, 6.45) is 0. The number of aryl methyl sites for hydroxylation is 1. The average Bonchev–Trinajstić information content (AvgIpc) is 2.05. The largest absolute Gasteiger partial charge is 0.446 e. The molecule has 3 nitrogen and oxygen atoms in total. The van der Waals surface area contributed by atoms with Gasteiger partial charge >= 0.3 is 5.51 Å². The van der Waals surface area contributed by atoms with Crippen LogP contribution in [0.25, 0.3) is 0 Å². The molecule has 0 N–H and O–H groups in total. The fraction of sp³-hybridized carbons (Fsp3) is 0.250. The SMILES string of the molecule is Cc1ccc(SC(F)(F)F)cc1[N+](=O)[O-]. The molecule has 0 bridgehead atoms. The van der Waals surface area contributed by atoms with Gasteiger partial charge in [0.1, 0.15) is 0 Å². The van der Waals surface area contributed by atoms with Gasteiger partial charge in [0.2, 0.25) is 0 Å². The van der Waals surface area contributed by atoms with Crippen molar-refractivity contribution in [1.29, 1.82) is 0 Å². The third kappa shape index (κ3) is 3.43. The molecule has 0 radical (unpaired) electrons. The van der Waals surface area contributed by atoms with E-state index < -0.39 is 10.4 Å². The van der Waals surface area contributed by atoms with E-state index in [1.165, 1.54) is 19.1 Å². The molecular weight excluding hydrogens is 231 g/mol. The molecule has 1 rings (SSSR count). The number of nitro benzene ring substituents is 1.